The number of amides is 1. The van der Waals surface area contributed by atoms with Gasteiger partial charge in [-0.25, -0.2) is 8.78 Å². The Hall–Kier alpha value is -3.55. The van der Waals surface area contributed by atoms with Crippen molar-refractivity contribution in [2.45, 2.75) is 0 Å². The highest BCUT2D eigenvalue weighted by atomic mass is 19.1. The van der Waals surface area contributed by atoms with E-state index in [2.05, 4.69) is 15.1 Å². The first-order valence-electron chi connectivity index (χ1n) is 9.24. The van der Waals surface area contributed by atoms with Crippen LogP contribution in [0.1, 0.15) is 5.56 Å². The molecule has 0 bridgehead atoms. The number of benzene rings is 1. The van der Waals surface area contributed by atoms with Crippen LogP contribution in [0.5, 0.6) is 0 Å². The summed E-state index contributed by atoms with van der Waals surface area (Å²) in [5.74, 6) is 0.147. The van der Waals surface area contributed by atoms with Crippen molar-refractivity contribution in [1.29, 1.82) is 0 Å². The van der Waals surface area contributed by atoms with E-state index in [4.69, 9.17) is 0 Å². The Morgan fingerprint density at radius 3 is 2.31 bits per heavy atom. The lowest BCUT2D eigenvalue weighted by atomic mass is 10.2. The summed E-state index contributed by atoms with van der Waals surface area (Å²) >= 11 is 0. The molecule has 1 amide bonds. The van der Waals surface area contributed by atoms with Crippen LogP contribution < -0.4 is 4.90 Å². The molecule has 29 heavy (non-hydrogen) atoms. The summed E-state index contributed by atoms with van der Waals surface area (Å²) in [5.41, 5.74) is 0.0510. The third-order valence-corrected chi connectivity index (χ3v) is 4.78. The van der Waals surface area contributed by atoms with Crippen LogP contribution in [0.4, 0.5) is 14.6 Å². The zero-order chi connectivity index (χ0) is 20.2. The first-order valence-corrected chi connectivity index (χ1v) is 9.24. The quantitative estimate of drug-likeness (QED) is 0.638. The molecule has 1 aromatic carbocycles. The zero-order valence-electron chi connectivity index (χ0n) is 15.6. The van der Waals surface area contributed by atoms with Crippen molar-refractivity contribution in [3.05, 3.63) is 78.1 Å². The molecular formula is C21H19F2N5O. The molecule has 1 saturated heterocycles. The molecule has 148 valence electrons. The first kappa shape index (κ1) is 18.8. The highest BCUT2D eigenvalue weighted by Crippen LogP contribution is 2.15. The van der Waals surface area contributed by atoms with E-state index >= 15 is 0 Å². The maximum Gasteiger partial charge on any atom is 0.246 e. The predicted molar refractivity (Wildman–Crippen MR) is 106 cm³/mol. The van der Waals surface area contributed by atoms with Crippen molar-refractivity contribution in [2.24, 2.45) is 0 Å². The number of piperazine rings is 1. The van der Waals surface area contributed by atoms with Crippen LogP contribution in [0.2, 0.25) is 0 Å². The van der Waals surface area contributed by atoms with E-state index in [1.807, 2.05) is 41.2 Å². The summed E-state index contributed by atoms with van der Waals surface area (Å²) in [5, 5.41) is 8.52. The van der Waals surface area contributed by atoms with E-state index in [-0.39, 0.29) is 11.5 Å². The van der Waals surface area contributed by atoms with Gasteiger partial charge in [0.05, 0.1) is 0 Å². The normalized spacial score (nSPS) is 14.6. The van der Waals surface area contributed by atoms with Crippen molar-refractivity contribution in [1.82, 2.24) is 19.7 Å². The van der Waals surface area contributed by atoms with E-state index in [1.54, 1.807) is 4.90 Å². The maximum absolute atomic E-state index is 13.7. The molecule has 1 fully saturated rings. The smallest absolute Gasteiger partial charge is 0.246 e. The molecule has 4 rings (SSSR count). The molecule has 6 nitrogen and oxygen atoms in total. The summed E-state index contributed by atoms with van der Waals surface area (Å²) in [6.07, 6.45) is 6.38. The summed E-state index contributed by atoms with van der Waals surface area (Å²) in [4.78, 5) is 16.1. The number of carbonyl (C=O) groups is 1. The maximum atomic E-state index is 13.7. The topological polar surface area (TPSA) is 54.3 Å². The second kappa shape index (κ2) is 8.22. The van der Waals surface area contributed by atoms with Crippen LogP contribution in [-0.2, 0) is 4.79 Å². The van der Waals surface area contributed by atoms with Crippen molar-refractivity contribution >= 4 is 17.8 Å². The highest BCUT2D eigenvalue weighted by molar-refractivity contribution is 5.92. The molecule has 3 aromatic rings. The lowest BCUT2D eigenvalue weighted by molar-refractivity contribution is -0.126. The zero-order valence-corrected chi connectivity index (χ0v) is 15.6. The second-order valence-corrected chi connectivity index (χ2v) is 6.65. The number of aromatic nitrogens is 3. The summed E-state index contributed by atoms with van der Waals surface area (Å²) in [7, 11) is 0. The fourth-order valence-electron chi connectivity index (χ4n) is 3.18. The standard InChI is InChI=1S/C21H19F2N5O/c22-17-4-5-18(23)16(15-17)3-8-21(29)28-13-11-27(12-14-28)20-7-6-19(24-25-20)26-9-1-2-10-26/h1-10,15H,11-14H2/b8-3+. The Bertz CT molecular complexity index is 1010. The molecule has 0 saturated carbocycles. The van der Waals surface area contributed by atoms with Crippen LogP contribution in [0, 0.1) is 11.6 Å². The molecule has 0 unspecified atom stereocenters. The molecule has 0 spiro atoms. The Balaban J connectivity index is 1.34. The molecule has 1 aliphatic heterocycles. The van der Waals surface area contributed by atoms with Gasteiger partial charge in [0.15, 0.2) is 11.6 Å². The molecule has 0 N–H and O–H groups in total. The predicted octanol–water partition coefficient (Wildman–Crippen LogP) is 2.91. The number of halogens is 2. The number of hydrogen-bond donors (Lipinski definition) is 0. The van der Waals surface area contributed by atoms with Crippen molar-refractivity contribution < 1.29 is 13.6 Å². The van der Waals surface area contributed by atoms with Crippen LogP contribution in [0.25, 0.3) is 11.9 Å². The van der Waals surface area contributed by atoms with Gasteiger partial charge >= 0.3 is 0 Å². The number of anilines is 1. The Kier molecular flexibility index (Phi) is 5.33. The minimum Gasteiger partial charge on any atom is -0.352 e. The largest absolute Gasteiger partial charge is 0.352 e. The number of hydrogen-bond acceptors (Lipinski definition) is 4. The average molecular weight is 395 g/mol. The monoisotopic (exact) mass is 395 g/mol. The van der Waals surface area contributed by atoms with Gasteiger partial charge in [-0.1, -0.05) is 0 Å². The molecule has 3 heterocycles. The first-order chi connectivity index (χ1) is 14.1. The fourth-order valence-corrected chi connectivity index (χ4v) is 3.18. The van der Waals surface area contributed by atoms with Crippen LogP contribution >= 0.6 is 0 Å². The molecule has 0 atom stereocenters. The van der Waals surface area contributed by atoms with Crippen LogP contribution in [-0.4, -0.2) is 51.8 Å². The van der Waals surface area contributed by atoms with Crippen molar-refractivity contribution in [2.75, 3.05) is 31.1 Å². The van der Waals surface area contributed by atoms with Gasteiger partial charge in [0.2, 0.25) is 5.91 Å². The Morgan fingerprint density at radius 2 is 1.62 bits per heavy atom. The van der Waals surface area contributed by atoms with Crippen molar-refractivity contribution in [3.63, 3.8) is 0 Å². The van der Waals surface area contributed by atoms with Gasteiger partial charge in [-0.2, -0.15) is 0 Å². The summed E-state index contributed by atoms with van der Waals surface area (Å²) in [6.45, 7) is 2.25. The van der Waals surface area contributed by atoms with E-state index in [1.165, 1.54) is 12.2 Å². The molecule has 2 aromatic heterocycles. The van der Waals surface area contributed by atoms with E-state index in [9.17, 15) is 13.6 Å². The van der Waals surface area contributed by atoms with E-state index in [0.29, 0.717) is 26.2 Å². The van der Waals surface area contributed by atoms with E-state index < -0.39 is 11.6 Å². The van der Waals surface area contributed by atoms with E-state index in [0.717, 1.165) is 29.8 Å². The number of carbonyl (C=O) groups excluding carboxylic acids is 1. The summed E-state index contributed by atoms with van der Waals surface area (Å²) in [6, 6.07) is 10.8. The molecule has 8 heteroatoms. The Morgan fingerprint density at radius 1 is 0.931 bits per heavy atom. The van der Waals surface area contributed by atoms with Gasteiger partial charge in [-0.05, 0) is 48.5 Å². The van der Waals surface area contributed by atoms with Gasteiger partial charge in [0.25, 0.3) is 0 Å². The summed E-state index contributed by atoms with van der Waals surface area (Å²) < 4.78 is 28.8. The minimum atomic E-state index is -0.567. The van der Waals surface area contributed by atoms with Crippen LogP contribution in [0.15, 0.2) is 60.9 Å². The third kappa shape index (κ3) is 4.31. The SMILES string of the molecule is O=C(/C=C/c1cc(F)ccc1F)N1CCN(c2ccc(-n3cccc3)nn2)CC1. The molecule has 1 aliphatic rings. The number of nitrogens with zero attached hydrogens (tertiary/aromatic N) is 5. The average Bonchev–Trinajstić information content (AvgIpc) is 3.29. The lowest BCUT2D eigenvalue weighted by Gasteiger charge is -2.34. The van der Waals surface area contributed by atoms with Gasteiger partial charge in [-0.15, -0.1) is 10.2 Å². The lowest BCUT2D eigenvalue weighted by Crippen LogP contribution is -2.48. The highest BCUT2D eigenvalue weighted by Gasteiger charge is 2.21. The van der Waals surface area contributed by atoms with Crippen molar-refractivity contribution in [3.8, 4) is 5.82 Å². The Labute approximate surface area is 166 Å². The van der Waals surface area contributed by atoms with Gasteiger partial charge < -0.3 is 14.4 Å². The molecule has 0 radical (unpaired) electrons. The van der Waals surface area contributed by atoms with Gasteiger partial charge in [0, 0.05) is 50.2 Å². The fraction of sp³-hybridized carbons (Fsp3) is 0.190. The van der Waals surface area contributed by atoms with Crippen LogP contribution in [0.3, 0.4) is 0 Å². The number of rotatable bonds is 4. The van der Waals surface area contributed by atoms with Gasteiger partial charge in [-0.3, -0.25) is 4.79 Å². The molecule has 0 aliphatic carbocycles. The second-order valence-electron chi connectivity index (χ2n) is 6.65. The van der Waals surface area contributed by atoms with Gasteiger partial charge in [0.1, 0.15) is 11.6 Å². The minimum absolute atomic E-state index is 0.0510. The molecular weight excluding hydrogens is 376 g/mol. The third-order valence-electron chi connectivity index (χ3n) is 4.78.